The first-order chi connectivity index (χ1) is 9.63. The molecule has 3 N–H and O–H groups in total. The minimum atomic E-state index is 0.257. The monoisotopic (exact) mass is 282 g/mol. The van der Waals surface area contributed by atoms with Gasteiger partial charge in [0.25, 0.3) is 0 Å². The predicted octanol–water partition coefficient (Wildman–Crippen LogP) is 1.19. The lowest BCUT2D eigenvalue weighted by Crippen LogP contribution is -2.43. The first-order valence-corrected chi connectivity index (χ1v) is 7.98. The van der Waals surface area contributed by atoms with E-state index in [1.165, 1.54) is 19.4 Å². The average molecular weight is 282 g/mol. The van der Waals surface area contributed by atoms with Crippen LogP contribution in [0.1, 0.15) is 39.5 Å². The van der Waals surface area contributed by atoms with E-state index in [9.17, 15) is 0 Å². The number of likely N-dealkylation sites (tertiary alicyclic amines) is 1. The van der Waals surface area contributed by atoms with Gasteiger partial charge in [-0.3, -0.25) is 9.89 Å². The number of ether oxygens (including phenoxy) is 1. The van der Waals surface area contributed by atoms with Crippen molar-refractivity contribution in [3.05, 3.63) is 0 Å². The quantitative estimate of drug-likeness (QED) is 0.587. The molecule has 0 aromatic rings. The Morgan fingerprint density at radius 3 is 2.90 bits per heavy atom. The summed E-state index contributed by atoms with van der Waals surface area (Å²) in [5, 5.41) is 3.30. The second-order valence-corrected chi connectivity index (χ2v) is 6.43. The molecule has 2 aliphatic rings. The molecule has 0 aromatic carbocycles. The van der Waals surface area contributed by atoms with Crippen LogP contribution in [0, 0.1) is 5.41 Å². The van der Waals surface area contributed by atoms with Gasteiger partial charge >= 0.3 is 0 Å². The van der Waals surface area contributed by atoms with Gasteiger partial charge in [0.2, 0.25) is 0 Å². The van der Waals surface area contributed by atoms with E-state index in [0.29, 0.717) is 12.0 Å². The first kappa shape index (κ1) is 15.6. The molecule has 1 unspecified atom stereocenters. The van der Waals surface area contributed by atoms with Gasteiger partial charge < -0.3 is 15.8 Å². The van der Waals surface area contributed by atoms with E-state index in [-0.39, 0.29) is 5.41 Å². The number of nitrogens with one attached hydrogen (secondary N) is 1. The van der Waals surface area contributed by atoms with E-state index in [1.807, 2.05) is 0 Å². The summed E-state index contributed by atoms with van der Waals surface area (Å²) < 4.78 is 5.41. The van der Waals surface area contributed by atoms with E-state index in [4.69, 9.17) is 10.5 Å². The fourth-order valence-electron chi connectivity index (χ4n) is 3.12. The van der Waals surface area contributed by atoms with E-state index < -0.39 is 0 Å². The van der Waals surface area contributed by atoms with E-state index >= 15 is 0 Å². The van der Waals surface area contributed by atoms with Gasteiger partial charge in [0.05, 0.1) is 0 Å². The summed E-state index contributed by atoms with van der Waals surface area (Å²) in [5.74, 6) is 0.598. The van der Waals surface area contributed by atoms with E-state index in [0.717, 1.165) is 45.7 Å². The minimum absolute atomic E-state index is 0.257. The molecule has 2 rings (SSSR count). The Kier molecular flexibility index (Phi) is 5.66. The van der Waals surface area contributed by atoms with E-state index in [1.54, 1.807) is 0 Å². The Labute approximate surface area is 122 Å². The molecular formula is C15H30N4O. The Hall–Kier alpha value is -0.810. The summed E-state index contributed by atoms with van der Waals surface area (Å²) >= 11 is 0. The predicted molar refractivity (Wildman–Crippen MR) is 82.9 cm³/mol. The summed E-state index contributed by atoms with van der Waals surface area (Å²) in [6.45, 7) is 10.3. The zero-order valence-electron chi connectivity index (χ0n) is 13.0. The average Bonchev–Trinajstić information content (AvgIpc) is 2.91. The van der Waals surface area contributed by atoms with Crippen LogP contribution in [0.25, 0.3) is 0 Å². The third-order valence-electron chi connectivity index (χ3n) is 4.76. The van der Waals surface area contributed by atoms with Crippen molar-refractivity contribution in [2.75, 3.05) is 39.4 Å². The third kappa shape index (κ3) is 4.35. The van der Waals surface area contributed by atoms with Crippen LogP contribution < -0.4 is 11.1 Å². The van der Waals surface area contributed by atoms with Crippen molar-refractivity contribution >= 4 is 5.96 Å². The Balaban J connectivity index is 1.73. The maximum absolute atomic E-state index is 6.00. The van der Waals surface area contributed by atoms with Crippen LogP contribution in [0.5, 0.6) is 0 Å². The molecule has 116 valence electrons. The fraction of sp³-hybridized carbons (Fsp3) is 0.933. The number of hydrogen-bond donors (Lipinski definition) is 2. The lowest BCUT2D eigenvalue weighted by atomic mass is 9.83. The summed E-state index contributed by atoms with van der Waals surface area (Å²) in [4.78, 5) is 7.05. The maximum Gasteiger partial charge on any atom is 0.188 e. The van der Waals surface area contributed by atoms with Crippen LogP contribution >= 0.6 is 0 Å². The van der Waals surface area contributed by atoms with Crippen molar-refractivity contribution in [3.63, 3.8) is 0 Å². The van der Waals surface area contributed by atoms with Gasteiger partial charge in [-0.2, -0.15) is 0 Å². The third-order valence-corrected chi connectivity index (χ3v) is 4.76. The molecule has 2 heterocycles. The minimum Gasteiger partial charge on any atom is -0.381 e. The van der Waals surface area contributed by atoms with Gasteiger partial charge in [-0.25, -0.2) is 0 Å². The maximum atomic E-state index is 6.00. The fourth-order valence-corrected chi connectivity index (χ4v) is 3.12. The Morgan fingerprint density at radius 1 is 1.45 bits per heavy atom. The smallest absolute Gasteiger partial charge is 0.188 e. The number of rotatable bonds is 5. The van der Waals surface area contributed by atoms with Crippen LogP contribution in [-0.4, -0.2) is 56.3 Å². The Morgan fingerprint density at radius 2 is 2.20 bits per heavy atom. The molecule has 2 saturated heterocycles. The number of aliphatic imine (C=N–C) groups is 1. The van der Waals surface area contributed by atoms with Gasteiger partial charge in [-0.15, -0.1) is 0 Å². The molecule has 0 aromatic heterocycles. The lowest BCUT2D eigenvalue weighted by Gasteiger charge is -2.32. The van der Waals surface area contributed by atoms with Gasteiger partial charge in [0.15, 0.2) is 5.96 Å². The van der Waals surface area contributed by atoms with Crippen LogP contribution in [0.2, 0.25) is 0 Å². The normalized spacial score (nSPS) is 27.7. The molecule has 0 radical (unpaired) electrons. The molecule has 0 spiro atoms. The molecule has 5 heteroatoms. The molecule has 0 saturated carbocycles. The molecule has 1 atom stereocenters. The van der Waals surface area contributed by atoms with E-state index in [2.05, 4.69) is 29.1 Å². The molecule has 2 aliphatic heterocycles. The van der Waals surface area contributed by atoms with Gasteiger partial charge in [0.1, 0.15) is 0 Å². The van der Waals surface area contributed by atoms with Crippen LogP contribution in [-0.2, 0) is 4.74 Å². The zero-order chi connectivity index (χ0) is 14.4. The van der Waals surface area contributed by atoms with Crippen LogP contribution in [0.4, 0.5) is 0 Å². The standard InChI is InChI=1S/C15H30N4O/c1-3-19-8-4-5-13(19)11-17-14(16)18-12-15(2)6-9-20-10-7-15/h13H,3-12H2,1-2H3,(H3,16,17,18). The topological polar surface area (TPSA) is 62.9 Å². The number of guanidine groups is 1. The van der Waals surface area contributed by atoms with Gasteiger partial charge in [-0.05, 0) is 44.2 Å². The molecule has 0 aliphatic carbocycles. The van der Waals surface area contributed by atoms with Gasteiger partial charge in [0, 0.05) is 32.3 Å². The molecule has 20 heavy (non-hydrogen) atoms. The SMILES string of the molecule is CCN1CCCC1CNC(N)=NCC1(C)CCOCC1. The second-order valence-electron chi connectivity index (χ2n) is 6.43. The van der Waals surface area contributed by atoms with Crippen molar-refractivity contribution in [2.45, 2.75) is 45.6 Å². The number of nitrogens with two attached hydrogens (primary N) is 1. The van der Waals surface area contributed by atoms with Crippen molar-refractivity contribution < 1.29 is 4.74 Å². The molecule has 5 nitrogen and oxygen atoms in total. The first-order valence-electron chi connectivity index (χ1n) is 7.98. The molecule has 0 bridgehead atoms. The molecule has 0 amide bonds. The highest BCUT2D eigenvalue weighted by molar-refractivity contribution is 5.77. The number of hydrogen-bond acceptors (Lipinski definition) is 3. The summed E-state index contributed by atoms with van der Waals surface area (Å²) in [6, 6.07) is 0.618. The molecule has 2 fully saturated rings. The van der Waals surface area contributed by atoms with Crippen molar-refractivity contribution in [1.29, 1.82) is 0 Å². The van der Waals surface area contributed by atoms with Crippen LogP contribution in [0.3, 0.4) is 0 Å². The zero-order valence-corrected chi connectivity index (χ0v) is 13.0. The highest BCUT2D eigenvalue weighted by Gasteiger charge is 2.27. The summed E-state index contributed by atoms with van der Waals surface area (Å²) in [6.07, 6.45) is 4.73. The largest absolute Gasteiger partial charge is 0.381 e. The summed E-state index contributed by atoms with van der Waals surface area (Å²) in [5.41, 5.74) is 6.26. The van der Waals surface area contributed by atoms with Crippen molar-refractivity contribution in [1.82, 2.24) is 10.2 Å². The Bertz CT molecular complexity index is 326. The summed E-state index contributed by atoms with van der Waals surface area (Å²) in [7, 11) is 0. The van der Waals surface area contributed by atoms with Crippen LogP contribution in [0.15, 0.2) is 4.99 Å². The van der Waals surface area contributed by atoms with Gasteiger partial charge in [-0.1, -0.05) is 13.8 Å². The van der Waals surface area contributed by atoms with Crippen molar-refractivity contribution in [2.24, 2.45) is 16.1 Å². The second kappa shape index (κ2) is 7.27. The highest BCUT2D eigenvalue weighted by atomic mass is 16.5. The number of likely N-dealkylation sites (N-methyl/N-ethyl adjacent to an activating group) is 1. The highest BCUT2D eigenvalue weighted by Crippen LogP contribution is 2.29. The van der Waals surface area contributed by atoms with Crippen molar-refractivity contribution in [3.8, 4) is 0 Å². The number of nitrogens with zero attached hydrogens (tertiary/aromatic N) is 2. The lowest BCUT2D eigenvalue weighted by molar-refractivity contribution is 0.0283. The molecular weight excluding hydrogens is 252 g/mol.